The number of nitrogens with zero attached hydrogens (tertiary/aromatic N) is 1. The van der Waals surface area contributed by atoms with Crippen LogP contribution in [0.5, 0.6) is 5.75 Å². The standard InChI is InChI=1S/C21H23Cl2FN2O2/c22-18-7-6-16(14-19(18)23)20(27)26-11-8-21(24,9-12-26)15-25-10-13-28-17-4-2-1-3-5-17/h1-7,14,25H,8-13,15H2. The van der Waals surface area contributed by atoms with E-state index in [2.05, 4.69) is 5.32 Å². The minimum atomic E-state index is -1.32. The molecular weight excluding hydrogens is 402 g/mol. The summed E-state index contributed by atoms with van der Waals surface area (Å²) in [5, 5.41) is 3.86. The Hall–Kier alpha value is -1.82. The Kier molecular flexibility index (Phi) is 7.16. The summed E-state index contributed by atoms with van der Waals surface area (Å²) in [4.78, 5) is 14.2. The highest BCUT2D eigenvalue weighted by atomic mass is 35.5. The number of benzene rings is 2. The van der Waals surface area contributed by atoms with Gasteiger partial charge in [0.05, 0.1) is 10.0 Å². The number of nitrogens with one attached hydrogen (secondary N) is 1. The molecule has 1 saturated heterocycles. The Morgan fingerprint density at radius 3 is 2.50 bits per heavy atom. The number of piperidine rings is 1. The fraction of sp³-hybridized carbons (Fsp3) is 0.381. The average molecular weight is 425 g/mol. The normalized spacial score (nSPS) is 16.0. The second-order valence-corrected chi connectivity index (χ2v) is 7.72. The van der Waals surface area contributed by atoms with Gasteiger partial charge in [0, 0.05) is 44.6 Å². The lowest BCUT2D eigenvalue weighted by Crippen LogP contribution is -2.49. The van der Waals surface area contributed by atoms with Crippen LogP contribution in [-0.2, 0) is 0 Å². The number of likely N-dealkylation sites (tertiary alicyclic amines) is 1. The van der Waals surface area contributed by atoms with Crippen LogP contribution >= 0.6 is 23.2 Å². The van der Waals surface area contributed by atoms with Crippen molar-refractivity contribution in [1.29, 1.82) is 0 Å². The zero-order valence-electron chi connectivity index (χ0n) is 15.5. The zero-order chi connectivity index (χ0) is 20.0. The first-order valence-corrected chi connectivity index (χ1v) is 10.0. The first-order valence-electron chi connectivity index (χ1n) is 9.29. The van der Waals surface area contributed by atoms with Crippen molar-refractivity contribution >= 4 is 29.1 Å². The molecule has 0 aromatic heterocycles. The average Bonchev–Trinajstić information content (AvgIpc) is 2.71. The summed E-state index contributed by atoms with van der Waals surface area (Å²) in [5.74, 6) is 0.651. The molecule has 0 aliphatic carbocycles. The van der Waals surface area contributed by atoms with E-state index in [-0.39, 0.29) is 12.5 Å². The van der Waals surface area contributed by atoms with Crippen LogP contribution in [0.3, 0.4) is 0 Å². The molecule has 1 N–H and O–H groups in total. The molecule has 0 atom stereocenters. The summed E-state index contributed by atoms with van der Waals surface area (Å²) in [6.07, 6.45) is 0.596. The first kappa shape index (κ1) is 20.9. The second-order valence-electron chi connectivity index (χ2n) is 6.91. The molecule has 1 heterocycles. The Balaban J connectivity index is 1.40. The first-order chi connectivity index (χ1) is 13.5. The minimum absolute atomic E-state index is 0.148. The second kappa shape index (κ2) is 9.59. The van der Waals surface area contributed by atoms with Gasteiger partial charge in [0.25, 0.3) is 5.91 Å². The van der Waals surface area contributed by atoms with E-state index in [0.29, 0.717) is 54.7 Å². The number of para-hydroxylation sites is 1. The highest BCUT2D eigenvalue weighted by Crippen LogP contribution is 2.28. The van der Waals surface area contributed by atoms with E-state index in [4.69, 9.17) is 27.9 Å². The number of amides is 1. The van der Waals surface area contributed by atoms with Gasteiger partial charge in [-0.3, -0.25) is 4.79 Å². The van der Waals surface area contributed by atoms with Crippen molar-refractivity contribution in [2.45, 2.75) is 18.5 Å². The van der Waals surface area contributed by atoms with Crippen LogP contribution in [0, 0.1) is 0 Å². The van der Waals surface area contributed by atoms with Gasteiger partial charge in [-0.2, -0.15) is 0 Å². The van der Waals surface area contributed by atoms with Crippen molar-refractivity contribution < 1.29 is 13.9 Å². The van der Waals surface area contributed by atoms with Crippen LogP contribution in [0.25, 0.3) is 0 Å². The maximum absolute atomic E-state index is 15.0. The minimum Gasteiger partial charge on any atom is -0.492 e. The summed E-state index contributed by atoms with van der Waals surface area (Å²) in [7, 11) is 0. The molecule has 0 bridgehead atoms. The van der Waals surface area contributed by atoms with E-state index in [1.807, 2.05) is 30.3 Å². The van der Waals surface area contributed by atoms with Crippen molar-refractivity contribution in [3.05, 3.63) is 64.1 Å². The number of alkyl halides is 1. The predicted molar refractivity (Wildman–Crippen MR) is 110 cm³/mol. The van der Waals surface area contributed by atoms with E-state index >= 15 is 0 Å². The highest BCUT2D eigenvalue weighted by molar-refractivity contribution is 6.42. The third-order valence-electron chi connectivity index (χ3n) is 4.85. The maximum atomic E-state index is 15.0. The number of carbonyl (C=O) groups is 1. The summed E-state index contributed by atoms with van der Waals surface area (Å²) in [6.45, 7) is 2.03. The van der Waals surface area contributed by atoms with Crippen LogP contribution in [0.4, 0.5) is 4.39 Å². The molecule has 1 aliphatic heterocycles. The Morgan fingerprint density at radius 1 is 1.11 bits per heavy atom. The Bertz CT molecular complexity index is 796. The van der Waals surface area contributed by atoms with Crippen LogP contribution < -0.4 is 10.1 Å². The maximum Gasteiger partial charge on any atom is 0.253 e. The number of hydrogen-bond donors (Lipinski definition) is 1. The molecule has 7 heteroatoms. The molecular formula is C21H23Cl2FN2O2. The molecule has 150 valence electrons. The Morgan fingerprint density at radius 2 is 1.82 bits per heavy atom. The third kappa shape index (κ3) is 5.60. The monoisotopic (exact) mass is 424 g/mol. The lowest BCUT2D eigenvalue weighted by Gasteiger charge is -2.36. The van der Waals surface area contributed by atoms with Crippen molar-refractivity contribution in [3.8, 4) is 5.75 Å². The van der Waals surface area contributed by atoms with Crippen molar-refractivity contribution in [1.82, 2.24) is 10.2 Å². The smallest absolute Gasteiger partial charge is 0.253 e. The van der Waals surface area contributed by atoms with Gasteiger partial charge >= 0.3 is 0 Å². The number of halogens is 3. The summed E-state index contributed by atoms with van der Waals surface area (Å²) in [6, 6.07) is 14.3. The van der Waals surface area contributed by atoms with Gasteiger partial charge in [-0.15, -0.1) is 0 Å². The van der Waals surface area contributed by atoms with Crippen LogP contribution in [0.2, 0.25) is 10.0 Å². The van der Waals surface area contributed by atoms with Crippen LogP contribution in [-0.4, -0.2) is 49.3 Å². The van der Waals surface area contributed by atoms with Gasteiger partial charge in [-0.05, 0) is 30.3 Å². The molecule has 0 unspecified atom stereocenters. The lowest BCUT2D eigenvalue weighted by molar-refractivity contribution is 0.0433. The topological polar surface area (TPSA) is 41.6 Å². The summed E-state index contributed by atoms with van der Waals surface area (Å²) >= 11 is 11.9. The molecule has 0 saturated carbocycles. The van der Waals surface area contributed by atoms with E-state index in [9.17, 15) is 9.18 Å². The van der Waals surface area contributed by atoms with Gasteiger partial charge in [-0.1, -0.05) is 41.4 Å². The molecule has 3 rings (SSSR count). The van der Waals surface area contributed by atoms with Crippen molar-refractivity contribution in [2.24, 2.45) is 0 Å². The number of hydrogen-bond acceptors (Lipinski definition) is 3. The fourth-order valence-electron chi connectivity index (χ4n) is 3.17. The van der Waals surface area contributed by atoms with E-state index in [1.165, 1.54) is 0 Å². The molecule has 1 aliphatic rings. The molecule has 0 radical (unpaired) electrons. The number of ether oxygens (including phenoxy) is 1. The van der Waals surface area contributed by atoms with Gasteiger partial charge in [0.15, 0.2) is 0 Å². The fourth-order valence-corrected chi connectivity index (χ4v) is 3.47. The van der Waals surface area contributed by atoms with E-state index in [1.54, 1.807) is 23.1 Å². The van der Waals surface area contributed by atoms with Gasteiger partial charge in [-0.25, -0.2) is 4.39 Å². The van der Waals surface area contributed by atoms with Crippen molar-refractivity contribution in [2.75, 3.05) is 32.8 Å². The highest BCUT2D eigenvalue weighted by Gasteiger charge is 2.35. The zero-order valence-corrected chi connectivity index (χ0v) is 17.0. The molecule has 2 aromatic rings. The molecule has 28 heavy (non-hydrogen) atoms. The molecule has 0 spiro atoms. The number of carbonyl (C=O) groups excluding carboxylic acids is 1. The molecule has 1 fully saturated rings. The summed E-state index contributed by atoms with van der Waals surface area (Å²) in [5.41, 5.74) is -0.849. The van der Waals surface area contributed by atoms with Gasteiger partial charge in [0.1, 0.15) is 18.0 Å². The third-order valence-corrected chi connectivity index (χ3v) is 5.58. The van der Waals surface area contributed by atoms with Crippen LogP contribution in [0.15, 0.2) is 48.5 Å². The SMILES string of the molecule is O=C(c1ccc(Cl)c(Cl)c1)N1CCC(F)(CNCCOc2ccccc2)CC1. The van der Waals surface area contributed by atoms with E-state index in [0.717, 1.165) is 5.75 Å². The quantitative estimate of drug-likeness (QED) is 0.659. The van der Waals surface area contributed by atoms with Gasteiger partial charge in [0.2, 0.25) is 0 Å². The van der Waals surface area contributed by atoms with Crippen LogP contribution in [0.1, 0.15) is 23.2 Å². The Labute approximate surface area is 174 Å². The predicted octanol–water partition coefficient (Wildman–Crippen LogP) is 4.61. The van der Waals surface area contributed by atoms with Gasteiger partial charge < -0.3 is 15.0 Å². The number of rotatable bonds is 7. The lowest BCUT2D eigenvalue weighted by atomic mass is 9.93. The van der Waals surface area contributed by atoms with Crippen molar-refractivity contribution in [3.63, 3.8) is 0 Å². The largest absolute Gasteiger partial charge is 0.492 e. The molecule has 2 aromatic carbocycles. The molecule has 1 amide bonds. The summed E-state index contributed by atoms with van der Waals surface area (Å²) < 4.78 is 20.6. The molecule has 4 nitrogen and oxygen atoms in total. The van der Waals surface area contributed by atoms with E-state index < -0.39 is 5.67 Å².